The second-order valence-electron chi connectivity index (χ2n) is 5.29. The van der Waals surface area contributed by atoms with E-state index in [4.69, 9.17) is 16.3 Å². The van der Waals surface area contributed by atoms with E-state index < -0.39 is 0 Å². The lowest BCUT2D eigenvalue weighted by Crippen LogP contribution is -2.29. The Balaban J connectivity index is 2.04. The Hall–Kier alpha value is -0.730. The molecular weight excluding hydrogens is 246 g/mol. The zero-order chi connectivity index (χ0) is 12.5. The van der Waals surface area contributed by atoms with Crippen molar-refractivity contribution < 1.29 is 4.74 Å². The summed E-state index contributed by atoms with van der Waals surface area (Å²) in [4.78, 5) is 2.61. The quantitative estimate of drug-likeness (QED) is 0.806. The first kappa shape index (κ1) is 12.3. The molecule has 0 aromatic heterocycles. The van der Waals surface area contributed by atoms with Crippen LogP contribution in [-0.4, -0.2) is 25.1 Å². The third-order valence-electron chi connectivity index (χ3n) is 4.30. The van der Waals surface area contributed by atoms with Crippen molar-refractivity contribution in [1.29, 1.82) is 0 Å². The van der Waals surface area contributed by atoms with Crippen molar-refractivity contribution in [2.24, 2.45) is 0 Å². The molecule has 1 saturated heterocycles. The lowest BCUT2D eigenvalue weighted by molar-refractivity contribution is 0.216. The normalized spacial score (nSPS) is 24.0. The number of halogens is 1. The molecule has 1 atom stereocenters. The fraction of sp³-hybridized carbons (Fsp3) is 0.600. The number of likely N-dealkylation sites (tertiary alicyclic amines) is 1. The molecule has 1 aromatic carbocycles. The summed E-state index contributed by atoms with van der Waals surface area (Å²) >= 11 is 6.37. The highest BCUT2D eigenvalue weighted by atomic mass is 35.5. The van der Waals surface area contributed by atoms with Crippen molar-refractivity contribution >= 4 is 11.6 Å². The summed E-state index contributed by atoms with van der Waals surface area (Å²) in [5, 5.41) is 0.912. The largest absolute Gasteiger partial charge is 0.496 e. The topological polar surface area (TPSA) is 12.5 Å². The summed E-state index contributed by atoms with van der Waals surface area (Å²) in [6.45, 7) is 2.44. The number of methoxy groups -OCH3 is 1. The summed E-state index contributed by atoms with van der Waals surface area (Å²) in [7, 11) is 1.76. The van der Waals surface area contributed by atoms with Crippen molar-refractivity contribution in [3.05, 3.63) is 28.3 Å². The lowest BCUT2D eigenvalue weighted by atomic mass is 9.86. The van der Waals surface area contributed by atoms with E-state index in [1.54, 1.807) is 7.11 Å². The van der Waals surface area contributed by atoms with Crippen LogP contribution >= 0.6 is 11.6 Å². The summed E-state index contributed by atoms with van der Waals surface area (Å²) in [5.41, 5.74) is 2.68. The highest BCUT2D eigenvalue weighted by Gasteiger charge is 2.31. The van der Waals surface area contributed by atoms with Gasteiger partial charge in [-0.3, -0.25) is 4.90 Å². The summed E-state index contributed by atoms with van der Waals surface area (Å²) in [6.07, 6.45) is 6.23. The molecule has 0 amide bonds. The molecule has 0 N–H and O–H groups in total. The third kappa shape index (κ3) is 2.02. The zero-order valence-corrected chi connectivity index (χ0v) is 11.7. The maximum Gasteiger partial charge on any atom is 0.124 e. The number of fused-ring (bicyclic) bond motifs is 1. The minimum absolute atomic E-state index is 0.518. The van der Waals surface area contributed by atoms with Crippen LogP contribution in [-0.2, 0) is 6.42 Å². The Labute approximate surface area is 114 Å². The number of ether oxygens (including phenoxy) is 1. The van der Waals surface area contributed by atoms with Gasteiger partial charge < -0.3 is 4.74 Å². The predicted molar refractivity (Wildman–Crippen MR) is 74.5 cm³/mol. The van der Waals surface area contributed by atoms with E-state index in [9.17, 15) is 0 Å². The number of benzene rings is 1. The summed E-state index contributed by atoms with van der Waals surface area (Å²) < 4.78 is 5.57. The molecule has 98 valence electrons. The summed E-state index contributed by atoms with van der Waals surface area (Å²) in [5.74, 6) is 1.02. The van der Waals surface area contributed by atoms with Gasteiger partial charge in [0.15, 0.2) is 0 Å². The molecule has 1 aromatic rings. The molecule has 0 bridgehead atoms. The fourth-order valence-corrected chi connectivity index (χ4v) is 3.71. The van der Waals surface area contributed by atoms with E-state index in [-0.39, 0.29) is 0 Å². The van der Waals surface area contributed by atoms with Crippen molar-refractivity contribution in [2.45, 2.75) is 38.1 Å². The molecule has 18 heavy (non-hydrogen) atoms. The van der Waals surface area contributed by atoms with E-state index in [0.717, 1.165) is 17.2 Å². The minimum atomic E-state index is 0.518. The number of hydrogen-bond acceptors (Lipinski definition) is 2. The average molecular weight is 266 g/mol. The molecule has 0 spiro atoms. The van der Waals surface area contributed by atoms with Crippen LogP contribution in [0.2, 0.25) is 5.02 Å². The molecule has 0 radical (unpaired) electrons. The predicted octanol–water partition coefficient (Wildman–Crippen LogP) is 3.82. The van der Waals surface area contributed by atoms with E-state index >= 15 is 0 Å². The van der Waals surface area contributed by atoms with Crippen LogP contribution in [0, 0.1) is 0 Å². The van der Waals surface area contributed by atoms with Gasteiger partial charge in [0.05, 0.1) is 7.11 Å². The molecule has 1 heterocycles. The molecule has 1 aliphatic heterocycles. The Kier molecular flexibility index (Phi) is 3.49. The van der Waals surface area contributed by atoms with Gasteiger partial charge in [-0.05, 0) is 62.9 Å². The number of nitrogens with zero attached hydrogens (tertiary/aromatic N) is 1. The first-order chi connectivity index (χ1) is 8.81. The Morgan fingerprint density at radius 2 is 2.00 bits per heavy atom. The Morgan fingerprint density at radius 1 is 1.22 bits per heavy atom. The molecule has 2 aliphatic rings. The molecule has 3 rings (SSSR count). The second kappa shape index (κ2) is 5.10. The van der Waals surface area contributed by atoms with Crippen LogP contribution in [0.15, 0.2) is 12.1 Å². The molecule has 2 nitrogen and oxygen atoms in total. The van der Waals surface area contributed by atoms with Crippen LogP contribution in [0.5, 0.6) is 5.75 Å². The smallest absolute Gasteiger partial charge is 0.124 e. The standard InChI is InChI=1S/C15H20ClNO/c1-18-14-8-7-12(16)11-5-4-6-13(15(11)14)17-9-2-3-10-17/h7-8,13H,2-6,9-10H2,1H3. The molecule has 0 saturated carbocycles. The number of hydrogen-bond donors (Lipinski definition) is 0. The number of rotatable bonds is 2. The Morgan fingerprint density at radius 3 is 2.72 bits per heavy atom. The molecule has 1 unspecified atom stereocenters. The summed E-state index contributed by atoms with van der Waals surface area (Å²) in [6, 6.07) is 4.52. The minimum Gasteiger partial charge on any atom is -0.496 e. The molecule has 1 fully saturated rings. The molecule has 1 aliphatic carbocycles. The van der Waals surface area contributed by atoms with Gasteiger partial charge in [0.2, 0.25) is 0 Å². The van der Waals surface area contributed by atoms with E-state index in [2.05, 4.69) is 4.90 Å². The van der Waals surface area contributed by atoms with Gasteiger partial charge in [0.1, 0.15) is 5.75 Å². The SMILES string of the molecule is COc1ccc(Cl)c2c1C(N1CCCC1)CCC2. The highest BCUT2D eigenvalue weighted by molar-refractivity contribution is 6.31. The van der Waals surface area contributed by atoms with E-state index in [1.807, 2.05) is 12.1 Å². The van der Waals surface area contributed by atoms with Gasteiger partial charge in [-0.15, -0.1) is 0 Å². The second-order valence-corrected chi connectivity index (χ2v) is 5.70. The van der Waals surface area contributed by atoms with Crippen molar-refractivity contribution in [3.63, 3.8) is 0 Å². The van der Waals surface area contributed by atoms with Crippen LogP contribution in [0.1, 0.15) is 42.9 Å². The fourth-order valence-electron chi connectivity index (χ4n) is 3.45. The van der Waals surface area contributed by atoms with Gasteiger partial charge in [-0.2, -0.15) is 0 Å². The van der Waals surface area contributed by atoms with E-state index in [1.165, 1.54) is 49.9 Å². The van der Waals surface area contributed by atoms with Crippen LogP contribution in [0.3, 0.4) is 0 Å². The monoisotopic (exact) mass is 265 g/mol. The van der Waals surface area contributed by atoms with E-state index in [0.29, 0.717) is 6.04 Å². The van der Waals surface area contributed by atoms with Gasteiger partial charge in [-0.1, -0.05) is 11.6 Å². The van der Waals surface area contributed by atoms with Crippen molar-refractivity contribution in [1.82, 2.24) is 4.90 Å². The highest BCUT2D eigenvalue weighted by Crippen LogP contribution is 2.43. The van der Waals surface area contributed by atoms with Gasteiger partial charge in [0, 0.05) is 16.6 Å². The third-order valence-corrected chi connectivity index (χ3v) is 4.65. The van der Waals surface area contributed by atoms with Gasteiger partial charge in [0.25, 0.3) is 0 Å². The van der Waals surface area contributed by atoms with Gasteiger partial charge >= 0.3 is 0 Å². The van der Waals surface area contributed by atoms with Crippen molar-refractivity contribution in [2.75, 3.05) is 20.2 Å². The van der Waals surface area contributed by atoms with Crippen LogP contribution in [0.4, 0.5) is 0 Å². The average Bonchev–Trinajstić information content (AvgIpc) is 2.93. The maximum absolute atomic E-state index is 6.37. The molecule has 3 heteroatoms. The first-order valence-electron chi connectivity index (χ1n) is 6.90. The van der Waals surface area contributed by atoms with Crippen molar-refractivity contribution in [3.8, 4) is 5.75 Å². The first-order valence-corrected chi connectivity index (χ1v) is 7.28. The van der Waals surface area contributed by atoms with Crippen LogP contribution in [0.25, 0.3) is 0 Å². The van der Waals surface area contributed by atoms with Crippen LogP contribution < -0.4 is 4.74 Å². The lowest BCUT2D eigenvalue weighted by Gasteiger charge is -2.34. The zero-order valence-electron chi connectivity index (χ0n) is 10.9. The Bertz CT molecular complexity index is 440. The molecular formula is C15H20ClNO. The van der Waals surface area contributed by atoms with Gasteiger partial charge in [-0.25, -0.2) is 0 Å². The maximum atomic E-state index is 6.37.